The molecule has 7 nitrogen and oxygen atoms in total. The maximum Gasteiger partial charge on any atom is 0.302 e. The van der Waals surface area contributed by atoms with Gasteiger partial charge >= 0.3 is 5.97 Å². The summed E-state index contributed by atoms with van der Waals surface area (Å²) in [5, 5.41) is 1.95. The van der Waals surface area contributed by atoms with Crippen molar-refractivity contribution in [3.8, 4) is 0 Å². The van der Waals surface area contributed by atoms with Gasteiger partial charge in [-0.05, 0) is 21.8 Å². The van der Waals surface area contributed by atoms with E-state index in [-0.39, 0.29) is 27.7 Å². The van der Waals surface area contributed by atoms with Gasteiger partial charge in [0.05, 0.1) is 24.0 Å². The van der Waals surface area contributed by atoms with Gasteiger partial charge in [0.15, 0.2) is 10.9 Å². The fourth-order valence-electron chi connectivity index (χ4n) is 6.58. The van der Waals surface area contributed by atoms with Gasteiger partial charge in [0.2, 0.25) is 0 Å². The summed E-state index contributed by atoms with van der Waals surface area (Å²) in [4.78, 5) is 37.8. The summed E-state index contributed by atoms with van der Waals surface area (Å²) in [7, 11) is -1.53. The first kappa shape index (κ1) is 37.2. The van der Waals surface area contributed by atoms with Crippen molar-refractivity contribution in [1.29, 1.82) is 0 Å². The highest BCUT2D eigenvalue weighted by Gasteiger charge is 2.58. The number of thioether (sulfide) groups is 1. The number of rotatable bonds is 12. The normalized spacial score (nSPS) is 22.8. The first-order valence-corrected chi connectivity index (χ1v) is 18.5. The van der Waals surface area contributed by atoms with E-state index in [1.807, 2.05) is 71.0 Å². The molecule has 2 aromatic rings. The molecule has 0 amide bonds. The molecular formula is C36H52O7SSi. The van der Waals surface area contributed by atoms with Crippen molar-refractivity contribution < 1.29 is 33.0 Å². The number of carbonyl (C=O) groups is 3. The van der Waals surface area contributed by atoms with E-state index in [0.717, 1.165) is 16.7 Å². The standard InChI is InChI=1S/C36H52O7SSi/c1-26(38)41-31-24-27(42-36(40-10,21-22-37)35(31,8)9)23-28(25-32(39)44-33(2,3)4)43-45(34(5,6)7,29-17-13-11-14-18-29)30-19-15-12-16-20-30/h11-20,22,27-28,31H,21,23-25H2,1-10H3/t27-,28-,31+,36+/m1/s1. The number of methoxy groups -OCH3 is 1. The second-order valence-corrected chi connectivity index (χ2v) is 20.7. The van der Waals surface area contributed by atoms with Gasteiger partial charge in [-0.1, -0.05) is 128 Å². The molecule has 0 unspecified atom stereocenters. The molecule has 0 aromatic heterocycles. The summed E-state index contributed by atoms with van der Waals surface area (Å²) in [6.07, 6.45) is -0.00595. The van der Waals surface area contributed by atoms with E-state index in [9.17, 15) is 14.4 Å². The van der Waals surface area contributed by atoms with Crippen molar-refractivity contribution in [1.82, 2.24) is 0 Å². The fraction of sp³-hybridized carbons (Fsp3) is 0.583. The number of ether oxygens (including phenoxy) is 3. The highest BCUT2D eigenvalue weighted by atomic mass is 32.2. The zero-order valence-corrected chi connectivity index (χ0v) is 30.5. The lowest BCUT2D eigenvalue weighted by molar-refractivity contribution is -0.346. The van der Waals surface area contributed by atoms with E-state index in [4.69, 9.17) is 18.6 Å². The fourth-order valence-corrected chi connectivity index (χ4v) is 12.2. The number of carbonyl (C=O) groups excluding carboxylic acids is 3. The van der Waals surface area contributed by atoms with Crippen LogP contribution in [0.3, 0.4) is 0 Å². The number of esters is 1. The third kappa shape index (κ3) is 8.54. The molecule has 0 spiro atoms. The molecule has 3 rings (SSSR count). The third-order valence-electron chi connectivity index (χ3n) is 8.71. The third-order valence-corrected chi connectivity index (χ3v) is 14.8. The summed E-state index contributed by atoms with van der Waals surface area (Å²) in [6, 6.07) is 20.7. The van der Waals surface area contributed by atoms with E-state index < -0.39 is 43.8 Å². The Labute approximate surface area is 275 Å². The smallest absolute Gasteiger partial charge is 0.302 e. The minimum absolute atomic E-state index is 0.0315. The van der Waals surface area contributed by atoms with Crippen molar-refractivity contribution in [2.75, 3.05) is 7.11 Å². The van der Waals surface area contributed by atoms with E-state index >= 15 is 0 Å². The van der Waals surface area contributed by atoms with Crippen LogP contribution in [0, 0.1) is 5.41 Å². The molecular weight excluding hydrogens is 605 g/mol. The molecule has 2 aromatic carbocycles. The molecule has 248 valence electrons. The second-order valence-electron chi connectivity index (χ2n) is 14.6. The molecule has 0 bridgehead atoms. The zero-order valence-electron chi connectivity index (χ0n) is 28.7. The topological polar surface area (TPSA) is 88.1 Å². The summed E-state index contributed by atoms with van der Waals surface area (Å²) in [6.45, 7) is 17.9. The van der Waals surface area contributed by atoms with Crippen molar-refractivity contribution in [3.05, 3.63) is 60.7 Å². The predicted octanol–water partition coefficient (Wildman–Crippen LogP) is 6.45. The van der Waals surface area contributed by atoms with E-state index in [0.29, 0.717) is 12.8 Å². The van der Waals surface area contributed by atoms with Gasteiger partial charge in [-0.15, -0.1) is 0 Å². The Balaban J connectivity index is 2.16. The van der Waals surface area contributed by atoms with Crippen LogP contribution in [0.4, 0.5) is 0 Å². The Kier molecular flexibility index (Phi) is 12.1. The summed E-state index contributed by atoms with van der Waals surface area (Å²) in [5.41, 5.74) is -0.822. The van der Waals surface area contributed by atoms with Gasteiger partial charge in [0.25, 0.3) is 8.32 Å². The van der Waals surface area contributed by atoms with Crippen LogP contribution in [0.25, 0.3) is 0 Å². The van der Waals surface area contributed by atoms with E-state index in [2.05, 4.69) is 45.0 Å². The maximum atomic E-state index is 13.6. The van der Waals surface area contributed by atoms with Crippen LogP contribution in [0.2, 0.25) is 5.04 Å². The summed E-state index contributed by atoms with van der Waals surface area (Å²) in [5.74, 6) is -1.74. The average molecular weight is 657 g/mol. The summed E-state index contributed by atoms with van der Waals surface area (Å²) < 4.78 is 25.7. The molecule has 0 radical (unpaired) electrons. The van der Waals surface area contributed by atoms with Gasteiger partial charge < -0.3 is 23.4 Å². The lowest BCUT2D eigenvalue weighted by atomic mass is 9.71. The highest BCUT2D eigenvalue weighted by molar-refractivity contribution is 8.14. The molecule has 4 atom stereocenters. The monoisotopic (exact) mass is 656 g/mol. The molecule has 1 aliphatic heterocycles. The molecule has 1 saturated heterocycles. The number of hydrogen-bond acceptors (Lipinski definition) is 8. The van der Waals surface area contributed by atoms with Gasteiger partial charge in [-0.25, -0.2) is 0 Å². The number of aldehydes is 1. The Morgan fingerprint density at radius 2 is 1.53 bits per heavy atom. The van der Waals surface area contributed by atoms with E-state index in [1.54, 1.807) is 0 Å². The van der Waals surface area contributed by atoms with Gasteiger partial charge in [-0.2, -0.15) is 0 Å². The number of benzene rings is 2. The Morgan fingerprint density at radius 3 is 1.96 bits per heavy atom. The SMILES string of the molecule is CO[C@@]1(CC=O)O[C@H](C[C@H](CC(=O)SC(C)(C)C)O[Si](c2ccccc2)(c2ccccc2)C(C)(C)C)C[C@H](OC(C)=O)C1(C)C. The van der Waals surface area contributed by atoms with Crippen molar-refractivity contribution in [2.45, 2.75) is 122 Å². The van der Waals surface area contributed by atoms with Crippen LogP contribution < -0.4 is 10.4 Å². The lowest BCUT2D eigenvalue weighted by Gasteiger charge is -2.54. The largest absolute Gasteiger partial charge is 0.462 e. The lowest BCUT2D eigenvalue weighted by Crippen LogP contribution is -2.68. The summed E-state index contributed by atoms with van der Waals surface area (Å²) >= 11 is 1.31. The van der Waals surface area contributed by atoms with Gasteiger partial charge in [0.1, 0.15) is 12.4 Å². The predicted molar refractivity (Wildman–Crippen MR) is 183 cm³/mol. The van der Waals surface area contributed by atoms with Gasteiger partial charge in [0, 0.05) is 31.6 Å². The molecule has 1 heterocycles. The van der Waals surface area contributed by atoms with Crippen molar-refractivity contribution in [3.63, 3.8) is 0 Å². The molecule has 1 fully saturated rings. The molecule has 9 heteroatoms. The van der Waals surface area contributed by atoms with Crippen molar-refractivity contribution in [2.24, 2.45) is 5.41 Å². The molecule has 0 N–H and O–H groups in total. The van der Waals surface area contributed by atoms with Crippen molar-refractivity contribution >= 4 is 47.8 Å². The molecule has 0 saturated carbocycles. The van der Waals surface area contributed by atoms with Gasteiger partial charge in [-0.3, -0.25) is 9.59 Å². The van der Waals surface area contributed by atoms with Crippen LogP contribution in [0.5, 0.6) is 0 Å². The minimum atomic E-state index is -3.04. The van der Waals surface area contributed by atoms with Crippen LogP contribution in [-0.2, 0) is 33.0 Å². The molecule has 0 aliphatic carbocycles. The second kappa shape index (κ2) is 14.6. The quantitative estimate of drug-likeness (QED) is 0.146. The first-order valence-electron chi connectivity index (χ1n) is 15.8. The van der Waals surface area contributed by atoms with Crippen LogP contribution in [-0.4, -0.2) is 61.6 Å². The van der Waals surface area contributed by atoms with Crippen LogP contribution in [0.1, 0.15) is 88.0 Å². The Bertz CT molecular complexity index is 1250. The maximum absolute atomic E-state index is 13.6. The molecule has 1 aliphatic rings. The van der Waals surface area contributed by atoms with Crippen LogP contribution >= 0.6 is 11.8 Å². The average Bonchev–Trinajstić information content (AvgIpc) is 2.93. The van der Waals surface area contributed by atoms with Crippen LogP contribution in [0.15, 0.2) is 60.7 Å². The molecule has 45 heavy (non-hydrogen) atoms. The Hall–Kier alpha value is -2.30. The number of hydrogen-bond donors (Lipinski definition) is 0. The highest BCUT2D eigenvalue weighted by Crippen LogP contribution is 2.49. The zero-order chi connectivity index (χ0) is 33.7. The minimum Gasteiger partial charge on any atom is -0.462 e. The first-order chi connectivity index (χ1) is 20.9. The van der Waals surface area contributed by atoms with E-state index in [1.165, 1.54) is 25.8 Å². The Morgan fingerprint density at radius 1 is 1.00 bits per heavy atom.